The number of nitrogens with one attached hydrogen (secondary N) is 1. The van der Waals surface area contributed by atoms with E-state index in [0.717, 1.165) is 0 Å². The third kappa shape index (κ3) is 4.97. The topological polar surface area (TPSA) is 95.6 Å². The van der Waals surface area contributed by atoms with Gasteiger partial charge in [0, 0.05) is 37.4 Å². The minimum absolute atomic E-state index is 0.0339. The highest BCUT2D eigenvalue weighted by molar-refractivity contribution is 7.99. The maximum atomic E-state index is 12.3. The molecule has 1 aromatic heterocycles. The fourth-order valence-corrected chi connectivity index (χ4v) is 3.45. The van der Waals surface area contributed by atoms with Crippen molar-refractivity contribution in [3.05, 3.63) is 21.6 Å². The Labute approximate surface area is 150 Å². The van der Waals surface area contributed by atoms with Crippen LogP contribution in [0.3, 0.4) is 0 Å². The van der Waals surface area contributed by atoms with Crippen molar-refractivity contribution in [1.82, 2.24) is 19.8 Å². The first-order valence-corrected chi connectivity index (χ1v) is 9.36. The van der Waals surface area contributed by atoms with E-state index >= 15 is 0 Å². The Bertz CT molecular complexity index is 683. The first kappa shape index (κ1) is 19.3. The molecule has 138 valence electrons. The molecule has 1 saturated heterocycles. The normalized spacial score (nSPS) is 14.5. The van der Waals surface area contributed by atoms with Crippen LogP contribution in [0.15, 0.2) is 9.95 Å². The molecule has 25 heavy (non-hydrogen) atoms. The van der Waals surface area contributed by atoms with Gasteiger partial charge in [-0.2, -0.15) is 0 Å². The SMILES string of the molecule is CCOC(=O)N1CCN(C(=O)CSc2nc(C)c(CC)c(=O)[nH]2)CC1. The number of carbonyl (C=O) groups excluding carboxylic acids is 2. The van der Waals surface area contributed by atoms with E-state index in [1.807, 2.05) is 6.92 Å². The van der Waals surface area contributed by atoms with Crippen molar-refractivity contribution in [3.63, 3.8) is 0 Å². The van der Waals surface area contributed by atoms with Crippen LogP contribution in [-0.4, -0.2) is 70.3 Å². The highest BCUT2D eigenvalue weighted by Crippen LogP contribution is 2.14. The molecule has 0 saturated carbocycles. The molecule has 1 aromatic rings. The van der Waals surface area contributed by atoms with Crippen LogP contribution in [-0.2, 0) is 16.0 Å². The fourth-order valence-electron chi connectivity index (χ4n) is 2.64. The summed E-state index contributed by atoms with van der Waals surface area (Å²) >= 11 is 1.22. The Morgan fingerprint density at radius 2 is 1.84 bits per heavy atom. The van der Waals surface area contributed by atoms with Crippen LogP contribution in [0.25, 0.3) is 0 Å². The summed E-state index contributed by atoms with van der Waals surface area (Å²) in [5, 5.41) is 0.457. The van der Waals surface area contributed by atoms with Gasteiger partial charge >= 0.3 is 6.09 Å². The van der Waals surface area contributed by atoms with Crippen molar-refractivity contribution in [3.8, 4) is 0 Å². The van der Waals surface area contributed by atoms with Gasteiger partial charge in [-0.25, -0.2) is 9.78 Å². The summed E-state index contributed by atoms with van der Waals surface area (Å²) < 4.78 is 4.96. The monoisotopic (exact) mass is 368 g/mol. The summed E-state index contributed by atoms with van der Waals surface area (Å²) in [6.07, 6.45) is 0.292. The van der Waals surface area contributed by atoms with Crippen LogP contribution < -0.4 is 5.56 Å². The van der Waals surface area contributed by atoms with Crippen molar-refractivity contribution in [2.45, 2.75) is 32.3 Å². The molecule has 0 aliphatic carbocycles. The molecule has 2 heterocycles. The Kier molecular flexibility index (Phi) is 6.86. The molecule has 0 radical (unpaired) electrons. The summed E-state index contributed by atoms with van der Waals surface area (Å²) in [7, 11) is 0. The van der Waals surface area contributed by atoms with Crippen molar-refractivity contribution in [2.24, 2.45) is 0 Å². The molecule has 0 atom stereocenters. The second-order valence-corrected chi connectivity index (χ2v) is 6.61. The summed E-state index contributed by atoms with van der Waals surface area (Å²) in [6.45, 7) is 7.72. The van der Waals surface area contributed by atoms with Crippen molar-refractivity contribution in [2.75, 3.05) is 38.5 Å². The van der Waals surface area contributed by atoms with Crippen molar-refractivity contribution >= 4 is 23.8 Å². The number of thioether (sulfide) groups is 1. The summed E-state index contributed by atoms with van der Waals surface area (Å²) in [5.41, 5.74) is 1.23. The minimum Gasteiger partial charge on any atom is -0.450 e. The minimum atomic E-state index is -0.336. The Hall–Kier alpha value is -2.03. The summed E-state index contributed by atoms with van der Waals surface area (Å²) in [6, 6.07) is 0. The van der Waals surface area contributed by atoms with Crippen LogP contribution in [0.1, 0.15) is 25.1 Å². The first-order valence-electron chi connectivity index (χ1n) is 8.38. The van der Waals surface area contributed by atoms with E-state index in [1.54, 1.807) is 23.6 Å². The predicted octanol–water partition coefficient (Wildman–Crippen LogP) is 1.03. The van der Waals surface area contributed by atoms with E-state index in [0.29, 0.717) is 55.6 Å². The Morgan fingerprint density at radius 3 is 2.40 bits per heavy atom. The van der Waals surface area contributed by atoms with Gasteiger partial charge in [0.05, 0.1) is 12.4 Å². The number of hydrogen-bond donors (Lipinski definition) is 1. The second kappa shape index (κ2) is 8.89. The number of piperazine rings is 1. The molecule has 1 aliphatic heterocycles. The number of H-pyrrole nitrogens is 1. The van der Waals surface area contributed by atoms with Gasteiger partial charge in [-0.15, -0.1) is 0 Å². The number of amides is 2. The largest absolute Gasteiger partial charge is 0.450 e. The van der Waals surface area contributed by atoms with E-state index in [2.05, 4.69) is 9.97 Å². The van der Waals surface area contributed by atoms with Gasteiger partial charge in [0.2, 0.25) is 5.91 Å². The van der Waals surface area contributed by atoms with E-state index in [4.69, 9.17) is 4.74 Å². The summed E-state index contributed by atoms with van der Waals surface area (Å²) in [5.74, 6) is 0.168. The number of aryl methyl sites for hydroxylation is 1. The lowest BCUT2D eigenvalue weighted by Crippen LogP contribution is -2.51. The maximum absolute atomic E-state index is 12.3. The van der Waals surface area contributed by atoms with E-state index < -0.39 is 0 Å². The number of aromatic nitrogens is 2. The van der Waals surface area contributed by atoms with Crippen molar-refractivity contribution in [1.29, 1.82) is 0 Å². The molecule has 0 bridgehead atoms. The van der Waals surface area contributed by atoms with E-state index in [9.17, 15) is 14.4 Å². The molecule has 1 fully saturated rings. The van der Waals surface area contributed by atoms with Crippen LogP contribution >= 0.6 is 11.8 Å². The molecule has 9 heteroatoms. The number of hydrogen-bond acceptors (Lipinski definition) is 6. The van der Waals surface area contributed by atoms with Gasteiger partial charge in [-0.3, -0.25) is 9.59 Å². The lowest BCUT2D eigenvalue weighted by molar-refractivity contribution is -0.129. The molecule has 8 nitrogen and oxygen atoms in total. The lowest BCUT2D eigenvalue weighted by Gasteiger charge is -2.34. The molecule has 1 N–H and O–H groups in total. The Balaban J connectivity index is 1.86. The third-order valence-corrected chi connectivity index (χ3v) is 4.90. The van der Waals surface area contributed by atoms with Crippen LogP contribution in [0.2, 0.25) is 0 Å². The molecular formula is C16H24N4O4S. The number of nitrogens with zero attached hydrogens (tertiary/aromatic N) is 3. The van der Waals surface area contributed by atoms with Crippen LogP contribution in [0.4, 0.5) is 4.79 Å². The zero-order chi connectivity index (χ0) is 18.4. The van der Waals surface area contributed by atoms with Gasteiger partial charge in [0.25, 0.3) is 5.56 Å². The maximum Gasteiger partial charge on any atom is 0.409 e. The van der Waals surface area contributed by atoms with Gasteiger partial charge in [-0.05, 0) is 20.3 Å². The molecule has 1 aliphatic rings. The zero-order valence-corrected chi connectivity index (χ0v) is 15.6. The lowest BCUT2D eigenvalue weighted by atomic mass is 10.2. The van der Waals surface area contributed by atoms with E-state index in [1.165, 1.54) is 11.8 Å². The summed E-state index contributed by atoms with van der Waals surface area (Å²) in [4.78, 5) is 46.3. The molecule has 0 spiro atoms. The van der Waals surface area contributed by atoms with Gasteiger partial charge in [0.15, 0.2) is 5.16 Å². The smallest absolute Gasteiger partial charge is 0.409 e. The number of rotatable bonds is 5. The van der Waals surface area contributed by atoms with E-state index in [-0.39, 0.29) is 23.3 Å². The number of ether oxygens (including phenoxy) is 1. The van der Waals surface area contributed by atoms with Crippen LogP contribution in [0.5, 0.6) is 0 Å². The third-order valence-electron chi connectivity index (χ3n) is 4.04. The second-order valence-electron chi connectivity index (χ2n) is 5.64. The highest BCUT2D eigenvalue weighted by Gasteiger charge is 2.24. The van der Waals surface area contributed by atoms with Gasteiger partial charge in [0.1, 0.15) is 0 Å². The number of carbonyl (C=O) groups is 2. The molecule has 0 unspecified atom stereocenters. The average molecular weight is 368 g/mol. The molecule has 2 rings (SSSR count). The molecule has 2 amide bonds. The molecule has 0 aromatic carbocycles. The van der Waals surface area contributed by atoms with Crippen LogP contribution in [0, 0.1) is 6.92 Å². The average Bonchev–Trinajstić information content (AvgIpc) is 2.60. The highest BCUT2D eigenvalue weighted by atomic mass is 32.2. The quantitative estimate of drug-likeness (QED) is 0.616. The first-order chi connectivity index (χ1) is 12.0. The molecular weight excluding hydrogens is 344 g/mol. The van der Waals surface area contributed by atoms with Gasteiger partial charge in [-0.1, -0.05) is 18.7 Å². The standard InChI is InChI=1S/C16H24N4O4S/c1-4-12-11(3)17-15(18-14(12)22)25-10-13(21)19-6-8-20(9-7-19)16(23)24-5-2/h4-10H2,1-3H3,(H,17,18,22). The fraction of sp³-hybridized carbons (Fsp3) is 0.625. The van der Waals surface area contributed by atoms with Crippen molar-refractivity contribution < 1.29 is 14.3 Å². The zero-order valence-electron chi connectivity index (χ0n) is 14.8. The Morgan fingerprint density at radius 1 is 1.20 bits per heavy atom. The number of aromatic amines is 1. The predicted molar refractivity (Wildman–Crippen MR) is 94.9 cm³/mol. The van der Waals surface area contributed by atoms with Gasteiger partial charge < -0.3 is 19.5 Å².